The van der Waals surface area contributed by atoms with Crippen LogP contribution in [-0.4, -0.2) is 24.3 Å². The fourth-order valence-corrected chi connectivity index (χ4v) is 1.96. The van der Waals surface area contributed by atoms with Crippen LogP contribution in [-0.2, 0) is 0 Å². The zero-order valence-electron chi connectivity index (χ0n) is 10.9. The predicted octanol–water partition coefficient (Wildman–Crippen LogP) is 2.05. The number of nitrogens with two attached hydrogens (primary N) is 1. The van der Waals surface area contributed by atoms with Crippen LogP contribution < -0.4 is 10.6 Å². The molecule has 0 fully saturated rings. The molecule has 96 valence electrons. The Labute approximate surface area is 102 Å². The van der Waals surface area contributed by atoms with Crippen LogP contribution in [0.5, 0.6) is 0 Å². The Balaban J connectivity index is 3.11. The molecule has 3 N–H and O–H groups in total. The Morgan fingerprint density at radius 1 is 1.47 bits per heavy atom. The highest BCUT2D eigenvalue weighted by Crippen LogP contribution is 2.28. The molecule has 0 radical (unpaired) electrons. The lowest BCUT2D eigenvalue weighted by atomic mass is 10.0. The summed E-state index contributed by atoms with van der Waals surface area (Å²) in [6.45, 7) is 5.54. The van der Waals surface area contributed by atoms with Gasteiger partial charge in [0.1, 0.15) is 5.82 Å². The van der Waals surface area contributed by atoms with Crippen molar-refractivity contribution in [1.82, 2.24) is 0 Å². The molecule has 1 aromatic carbocycles. The van der Waals surface area contributed by atoms with Gasteiger partial charge in [0.2, 0.25) is 0 Å². The first kappa shape index (κ1) is 13.9. The fraction of sp³-hybridized carbons (Fsp3) is 0.538. The van der Waals surface area contributed by atoms with E-state index in [0.717, 1.165) is 5.56 Å². The maximum Gasteiger partial charge on any atom is 0.146 e. The zero-order valence-corrected chi connectivity index (χ0v) is 10.9. The molecule has 0 aliphatic heterocycles. The van der Waals surface area contributed by atoms with Gasteiger partial charge in [0, 0.05) is 19.6 Å². The van der Waals surface area contributed by atoms with Gasteiger partial charge in [-0.15, -0.1) is 0 Å². The van der Waals surface area contributed by atoms with Crippen LogP contribution in [0.25, 0.3) is 0 Å². The molecule has 0 amide bonds. The van der Waals surface area contributed by atoms with Crippen molar-refractivity contribution in [2.24, 2.45) is 5.73 Å². The summed E-state index contributed by atoms with van der Waals surface area (Å²) in [5, 5.41) is 9.77. The number of halogens is 1. The van der Waals surface area contributed by atoms with Crippen molar-refractivity contribution >= 4 is 5.69 Å². The predicted molar refractivity (Wildman–Crippen MR) is 68.6 cm³/mol. The molecule has 0 aliphatic carbocycles. The van der Waals surface area contributed by atoms with Crippen LogP contribution >= 0.6 is 0 Å². The molecule has 1 aromatic rings. The third-order valence-electron chi connectivity index (χ3n) is 2.51. The quantitative estimate of drug-likeness (QED) is 0.847. The average Bonchev–Trinajstić information content (AvgIpc) is 2.13. The number of aliphatic hydroxyl groups is 1. The summed E-state index contributed by atoms with van der Waals surface area (Å²) in [6.07, 6.45) is 0. The molecule has 1 rings (SSSR count). The maximum absolute atomic E-state index is 13.9. The minimum absolute atomic E-state index is 0.245. The highest BCUT2D eigenvalue weighted by atomic mass is 19.1. The minimum Gasteiger partial charge on any atom is -0.389 e. The summed E-state index contributed by atoms with van der Waals surface area (Å²) >= 11 is 0. The second-order valence-corrected chi connectivity index (χ2v) is 5.13. The van der Waals surface area contributed by atoms with E-state index in [1.165, 1.54) is 6.07 Å². The van der Waals surface area contributed by atoms with Gasteiger partial charge in [-0.25, -0.2) is 4.39 Å². The molecule has 0 aromatic heterocycles. The molecule has 1 atom stereocenters. The van der Waals surface area contributed by atoms with Crippen LogP contribution in [0.2, 0.25) is 0 Å². The van der Waals surface area contributed by atoms with E-state index in [9.17, 15) is 9.50 Å². The van der Waals surface area contributed by atoms with Gasteiger partial charge in [0.15, 0.2) is 0 Å². The van der Waals surface area contributed by atoms with Gasteiger partial charge >= 0.3 is 0 Å². The lowest BCUT2D eigenvalue weighted by molar-refractivity contribution is 0.0884. The molecule has 0 spiro atoms. The van der Waals surface area contributed by atoms with Crippen molar-refractivity contribution in [3.05, 3.63) is 29.6 Å². The first-order chi connectivity index (χ1) is 7.72. The smallest absolute Gasteiger partial charge is 0.146 e. The van der Waals surface area contributed by atoms with Crippen LogP contribution in [0.4, 0.5) is 10.1 Å². The number of hydrogen-bond donors (Lipinski definition) is 2. The van der Waals surface area contributed by atoms with Gasteiger partial charge in [0.25, 0.3) is 0 Å². The summed E-state index contributed by atoms with van der Waals surface area (Å²) in [5.41, 5.74) is 6.16. The van der Waals surface area contributed by atoms with Crippen molar-refractivity contribution in [2.75, 3.05) is 18.5 Å². The summed E-state index contributed by atoms with van der Waals surface area (Å²) in [7, 11) is 1.75. The molecular formula is C13H21FN2O. The minimum atomic E-state index is -0.883. The van der Waals surface area contributed by atoms with Crippen molar-refractivity contribution in [3.63, 3.8) is 0 Å². The number of anilines is 1. The molecule has 1 unspecified atom stereocenters. The first-order valence-corrected chi connectivity index (χ1v) is 5.70. The van der Waals surface area contributed by atoms with Crippen molar-refractivity contribution in [3.8, 4) is 0 Å². The molecule has 0 saturated carbocycles. The van der Waals surface area contributed by atoms with E-state index in [1.807, 2.05) is 13.0 Å². The third kappa shape index (κ3) is 3.68. The largest absolute Gasteiger partial charge is 0.389 e. The molecule has 17 heavy (non-hydrogen) atoms. The molecule has 0 bridgehead atoms. The number of likely N-dealkylation sites (N-methyl/N-ethyl adjacent to an activating group) is 1. The van der Waals surface area contributed by atoms with Gasteiger partial charge in [-0.1, -0.05) is 12.1 Å². The molecular weight excluding hydrogens is 219 g/mol. The fourth-order valence-electron chi connectivity index (χ4n) is 1.96. The Kier molecular flexibility index (Phi) is 4.11. The van der Waals surface area contributed by atoms with Crippen molar-refractivity contribution in [2.45, 2.75) is 32.4 Å². The number of hydrogen-bond acceptors (Lipinski definition) is 3. The molecule has 3 nitrogen and oxygen atoms in total. The molecule has 0 aliphatic rings. The summed E-state index contributed by atoms with van der Waals surface area (Å²) in [6, 6.07) is 4.62. The molecule has 4 heteroatoms. The lowest BCUT2D eigenvalue weighted by Crippen LogP contribution is -2.37. The summed E-state index contributed by atoms with van der Waals surface area (Å²) < 4.78 is 13.9. The maximum atomic E-state index is 13.9. The van der Waals surface area contributed by atoms with Crippen LogP contribution in [0.1, 0.15) is 32.4 Å². The van der Waals surface area contributed by atoms with E-state index in [2.05, 4.69) is 0 Å². The van der Waals surface area contributed by atoms with E-state index in [1.54, 1.807) is 31.9 Å². The number of rotatable bonds is 4. The summed E-state index contributed by atoms with van der Waals surface area (Å²) in [5.74, 6) is -0.313. The Bertz CT molecular complexity index is 385. The van der Waals surface area contributed by atoms with Gasteiger partial charge in [-0.05, 0) is 32.4 Å². The van der Waals surface area contributed by atoms with Gasteiger partial charge in [-0.2, -0.15) is 0 Å². The van der Waals surface area contributed by atoms with Crippen molar-refractivity contribution in [1.29, 1.82) is 0 Å². The number of benzene rings is 1. The second kappa shape index (κ2) is 5.02. The SMILES string of the molecule is CC(N)c1cccc(F)c1N(C)CC(C)(C)O. The van der Waals surface area contributed by atoms with Gasteiger partial charge in [0.05, 0.1) is 11.3 Å². The van der Waals surface area contributed by atoms with E-state index in [4.69, 9.17) is 5.73 Å². The highest BCUT2D eigenvalue weighted by Gasteiger charge is 2.21. The highest BCUT2D eigenvalue weighted by molar-refractivity contribution is 5.55. The topological polar surface area (TPSA) is 49.5 Å². The average molecular weight is 240 g/mol. The Morgan fingerprint density at radius 2 is 2.06 bits per heavy atom. The Morgan fingerprint density at radius 3 is 2.53 bits per heavy atom. The molecule has 0 saturated heterocycles. The summed E-state index contributed by atoms with van der Waals surface area (Å²) in [4.78, 5) is 1.70. The first-order valence-electron chi connectivity index (χ1n) is 5.70. The van der Waals surface area contributed by atoms with Gasteiger partial charge < -0.3 is 15.7 Å². The van der Waals surface area contributed by atoms with E-state index < -0.39 is 5.60 Å². The van der Waals surface area contributed by atoms with Crippen molar-refractivity contribution < 1.29 is 9.50 Å². The van der Waals surface area contributed by atoms with E-state index in [0.29, 0.717) is 12.2 Å². The normalized spacial score (nSPS) is 13.6. The van der Waals surface area contributed by atoms with E-state index >= 15 is 0 Å². The number of para-hydroxylation sites is 1. The number of nitrogens with zero attached hydrogens (tertiary/aromatic N) is 1. The van der Waals surface area contributed by atoms with Crippen LogP contribution in [0, 0.1) is 5.82 Å². The zero-order chi connectivity index (χ0) is 13.2. The van der Waals surface area contributed by atoms with E-state index in [-0.39, 0.29) is 11.9 Å². The standard InChI is InChI=1S/C13H21FN2O/c1-9(15)10-6-5-7-11(14)12(10)16(4)8-13(2,3)17/h5-7,9,17H,8,15H2,1-4H3. The van der Waals surface area contributed by atoms with Crippen LogP contribution in [0.15, 0.2) is 18.2 Å². The monoisotopic (exact) mass is 240 g/mol. The lowest BCUT2D eigenvalue weighted by Gasteiger charge is -2.30. The molecule has 0 heterocycles. The van der Waals surface area contributed by atoms with Crippen LogP contribution in [0.3, 0.4) is 0 Å². The Hall–Kier alpha value is -1.13. The third-order valence-corrected chi connectivity index (χ3v) is 2.51. The van der Waals surface area contributed by atoms with Gasteiger partial charge in [-0.3, -0.25) is 0 Å². The second-order valence-electron chi connectivity index (χ2n) is 5.13.